The standard InChI is InChI=1S/C25H26N4O5/c1-14-23(15(2)28-27-14)34-24-21(32-3)13-19(31)22-18(30)12-20(33-25(22)24)16-4-6-17(7-5-16)29-10-8-26-9-11-29/h4-7,12-13,26,31H,8-11H2,1-3H3,(H,27,28). The van der Waals surface area contributed by atoms with Crippen molar-refractivity contribution in [2.75, 3.05) is 38.2 Å². The molecule has 0 spiro atoms. The molecule has 1 aliphatic heterocycles. The fourth-order valence-electron chi connectivity index (χ4n) is 4.21. The normalized spacial score (nSPS) is 13.9. The SMILES string of the molecule is COc1cc(O)c2c(=O)cc(-c3ccc(N4CCNCC4)cc3)oc2c1Oc1c(C)n[nH]c1C. The Hall–Kier alpha value is -3.98. The molecule has 0 aliphatic carbocycles. The number of hydrogen-bond acceptors (Lipinski definition) is 8. The van der Waals surface area contributed by atoms with Crippen LogP contribution < -0.4 is 25.1 Å². The fourth-order valence-corrected chi connectivity index (χ4v) is 4.21. The maximum absolute atomic E-state index is 13.0. The molecule has 0 bridgehead atoms. The first-order chi connectivity index (χ1) is 16.5. The molecule has 0 radical (unpaired) electrons. The summed E-state index contributed by atoms with van der Waals surface area (Å²) in [4.78, 5) is 15.4. The number of H-pyrrole nitrogens is 1. The van der Waals surface area contributed by atoms with E-state index in [1.54, 1.807) is 6.92 Å². The summed E-state index contributed by atoms with van der Waals surface area (Å²) >= 11 is 0. The number of nitrogens with zero attached hydrogens (tertiary/aromatic N) is 2. The van der Waals surface area contributed by atoms with Crippen LogP contribution in [0.15, 0.2) is 45.6 Å². The van der Waals surface area contributed by atoms with Gasteiger partial charge in [-0.05, 0) is 38.1 Å². The van der Waals surface area contributed by atoms with Crippen LogP contribution in [0.25, 0.3) is 22.3 Å². The molecule has 34 heavy (non-hydrogen) atoms. The smallest absolute Gasteiger partial charge is 0.212 e. The number of nitrogens with one attached hydrogen (secondary N) is 2. The minimum Gasteiger partial charge on any atom is -0.507 e. The number of phenolic OH excluding ortho intramolecular Hbond substituents is 1. The van der Waals surface area contributed by atoms with Crippen molar-refractivity contribution in [1.82, 2.24) is 15.5 Å². The number of aromatic hydroxyl groups is 1. The Bertz CT molecular complexity index is 1380. The number of piperazine rings is 1. The summed E-state index contributed by atoms with van der Waals surface area (Å²) < 4.78 is 17.8. The number of phenols is 1. The van der Waals surface area contributed by atoms with Gasteiger partial charge in [-0.25, -0.2) is 0 Å². The zero-order valence-corrected chi connectivity index (χ0v) is 19.3. The first kappa shape index (κ1) is 21.8. The maximum Gasteiger partial charge on any atom is 0.212 e. The number of methoxy groups -OCH3 is 1. The van der Waals surface area contributed by atoms with E-state index in [0.717, 1.165) is 37.4 Å². The number of aryl methyl sites for hydroxylation is 2. The van der Waals surface area contributed by atoms with E-state index in [1.165, 1.54) is 19.2 Å². The van der Waals surface area contributed by atoms with Crippen molar-refractivity contribution in [3.8, 4) is 34.3 Å². The molecule has 2 aromatic carbocycles. The highest BCUT2D eigenvalue weighted by Crippen LogP contribution is 2.44. The van der Waals surface area contributed by atoms with E-state index < -0.39 is 0 Å². The summed E-state index contributed by atoms with van der Waals surface area (Å²) in [7, 11) is 1.46. The number of hydrogen-bond donors (Lipinski definition) is 3. The van der Waals surface area contributed by atoms with Gasteiger partial charge in [-0.15, -0.1) is 0 Å². The second-order valence-electron chi connectivity index (χ2n) is 8.26. The lowest BCUT2D eigenvalue weighted by molar-refractivity contribution is 0.371. The van der Waals surface area contributed by atoms with Gasteiger partial charge in [-0.3, -0.25) is 9.89 Å². The Labute approximate surface area is 195 Å². The van der Waals surface area contributed by atoms with Gasteiger partial charge in [0.2, 0.25) is 5.75 Å². The largest absolute Gasteiger partial charge is 0.507 e. The van der Waals surface area contributed by atoms with Gasteiger partial charge in [-0.1, -0.05) is 0 Å². The third-order valence-corrected chi connectivity index (χ3v) is 6.02. The second kappa shape index (κ2) is 8.75. The summed E-state index contributed by atoms with van der Waals surface area (Å²) in [6, 6.07) is 10.6. The summed E-state index contributed by atoms with van der Waals surface area (Å²) in [6.07, 6.45) is 0. The molecule has 1 aliphatic rings. The van der Waals surface area contributed by atoms with Crippen molar-refractivity contribution in [2.45, 2.75) is 13.8 Å². The Morgan fingerprint density at radius 2 is 1.82 bits per heavy atom. The molecule has 2 aromatic heterocycles. The Morgan fingerprint density at radius 1 is 1.09 bits per heavy atom. The van der Waals surface area contributed by atoms with Gasteiger partial charge >= 0.3 is 0 Å². The van der Waals surface area contributed by atoms with Crippen molar-refractivity contribution in [3.63, 3.8) is 0 Å². The van der Waals surface area contributed by atoms with Gasteiger partial charge in [0.25, 0.3) is 0 Å². The molecule has 4 aromatic rings. The molecule has 9 nitrogen and oxygen atoms in total. The quantitative estimate of drug-likeness (QED) is 0.411. The average Bonchev–Trinajstić information content (AvgIpc) is 3.17. The van der Waals surface area contributed by atoms with Crippen molar-refractivity contribution < 1.29 is 19.0 Å². The number of rotatable bonds is 5. The highest BCUT2D eigenvalue weighted by Gasteiger charge is 2.23. The minimum absolute atomic E-state index is 0.0239. The van der Waals surface area contributed by atoms with Crippen LogP contribution in [-0.2, 0) is 0 Å². The van der Waals surface area contributed by atoms with Gasteiger partial charge < -0.3 is 29.2 Å². The number of benzene rings is 2. The second-order valence-corrected chi connectivity index (χ2v) is 8.26. The van der Waals surface area contributed by atoms with E-state index in [-0.39, 0.29) is 33.6 Å². The first-order valence-corrected chi connectivity index (χ1v) is 11.1. The molecule has 9 heteroatoms. The summed E-state index contributed by atoms with van der Waals surface area (Å²) in [5, 5.41) is 20.9. The Balaban J connectivity index is 1.62. The predicted molar refractivity (Wildman–Crippen MR) is 129 cm³/mol. The lowest BCUT2D eigenvalue weighted by Gasteiger charge is -2.29. The van der Waals surface area contributed by atoms with Crippen LogP contribution in [0.3, 0.4) is 0 Å². The molecule has 176 valence electrons. The summed E-state index contributed by atoms with van der Waals surface area (Å²) in [5.41, 5.74) is 2.92. The molecule has 0 saturated carbocycles. The fraction of sp³-hybridized carbons (Fsp3) is 0.280. The molecule has 1 fully saturated rings. The lowest BCUT2D eigenvalue weighted by Crippen LogP contribution is -2.43. The molecule has 3 heterocycles. The molecular weight excluding hydrogens is 436 g/mol. The minimum atomic E-state index is -0.381. The Morgan fingerprint density at radius 3 is 2.47 bits per heavy atom. The molecule has 0 atom stereocenters. The van der Waals surface area contributed by atoms with Crippen LogP contribution in [0.4, 0.5) is 5.69 Å². The van der Waals surface area contributed by atoms with Gasteiger partial charge in [0.05, 0.1) is 12.8 Å². The molecule has 3 N–H and O–H groups in total. The van der Waals surface area contributed by atoms with Crippen LogP contribution in [0.2, 0.25) is 0 Å². The number of aromatic nitrogens is 2. The van der Waals surface area contributed by atoms with Crippen molar-refractivity contribution in [2.24, 2.45) is 0 Å². The molecular formula is C25H26N4O5. The Kier molecular flexibility index (Phi) is 5.62. The van der Waals surface area contributed by atoms with Crippen molar-refractivity contribution in [3.05, 3.63) is 58.0 Å². The maximum atomic E-state index is 13.0. The van der Waals surface area contributed by atoms with Crippen LogP contribution in [0.1, 0.15) is 11.4 Å². The van der Waals surface area contributed by atoms with E-state index in [0.29, 0.717) is 22.9 Å². The van der Waals surface area contributed by atoms with Crippen LogP contribution in [-0.4, -0.2) is 48.6 Å². The van der Waals surface area contributed by atoms with Crippen LogP contribution in [0.5, 0.6) is 23.0 Å². The lowest BCUT2D eigenvalue weighted by atomic mass is 10.1. The number of aromatic amines is 1. The monoisotopic (exact) mass is 462 g/mol. The molecule has 5 rings (SSSR count). The van der Waals surface area contributed by atoms with Gasteiger partial charge in [-0.2, -0.15) is 5.10 Å². The van der Waals surface area contributed by atoms with E-state index in [4.69, 9.17) is 13.9 Å². The third kappa shape index (κ3) is 3.84. The summed E-state index contributed by atoms with van der Waals surface area (Å²) in [5.74, 6) is 1.05. The highest BCUT2D eigenvalue weighted by atomic mass is 16.5. The molecule has 0 amide bonds. The topological polar surface area (TPSA) is 113 Å². The zero-order chi connectivity index (χ0) is 23.8. The van der Waals surface area contributed by atoms with Crippen LogP contribution >= 0.6 is 0 Å². The number of fused-ring (bicyclic) bond motifs is 1. The van der Waals surface area contributed by atoms with Crippen LogP contribution in [0, 0.1) is 13.8 Å². The van der Waals surface area contributed by atoms with Gasteiger partial charge in [0.15, 0.2) is 22.5 Å². The van der Waals surface area contributed by atoms with E-state index in [9.17, 15) is 9.90 Å². The highest BCUT2D eigenvalue weighted by molar-refractivity contribution is 5.92. The molecule has 1 saturated heterocycles. The van der Waals surface area contributed by atoms with Gasteiger partial charge in [0, 0.05) is 49.6 Å². The van der Waals surface area contributed by atoms with E-state index in [1.807, 2.05) is 31.2 Å². The number of anilines is 1. The summed E-state index contributed by atoms with van der Waals surface area (Å²) in [6.45, 7) is 7.41. The predicted octanol–water partition coefficient (Wildman–Crippen LogP) is 3.72. The zero-order valence-electron chi connectivity index (χ0n) is 19.3. The van der Waals surface area contributed by atoms with Crippen molar-refractivity contribution >= 4 is 16.7 Å². The number of ether oxygens (including phenoxy) is 2. The average molecular weight is 463 g/mol. The van der Waals surface area contributed by atoms with Crippen molar-refractivity contribution in [1.29, 1.82) is 0 Å². The first-order valence-electron chi connectivity index (χ1n) is 11.1. The van der Waals surface area contributed by atoms with Gasteiger partial charge in [0.1, 0.15) is 22.6 Å². The van der Waals surface area contributed by atoms with E-state index >= 15 is 0 Å². The third-order valence-electron chi connectivity index (χ3n) is 6.02. The molecule has 0 unspecified atom stereocenters. The van der Waals surface area contributed by atoms with E-state index in [2.05, 4.69) is 20.4 Å².